The molecule has 0 saturated heterocycles. The third kappa shape index (κ3) is 10.3. The number of carbonyl (C=O) groups is 5. The number of aromatic hydroxyl groups is 1. The van der Waals surface area contributed by atoms with Gasteiger partial charge in [0.15, 0.2) is 0 Å². The number of ether oxygens (including phenoxy) is 4. The van der Waals surface area contributed by atoms with E-state index in [4.69, 9.17) is 46.6 Å². The molecule has 0 atom stereocenters. The third-order valence-corrected chi connectivity index (χ3v) is 8.72. The van der Waals surface area contributed by atoms with Crippen LogP contribution in [0.4, 0.5) is 0 Å². The second kappa shape index (κ2) is 19.4. The van der Waals surface area contributed by atoms with Gasteiger partial charge in [-0.25, -0.2) is 4.79 Å². The van der Waals surface area contributed by atoms with Gasteiger partial charge in [0.05, 0.1) is 79.3 Å². The molecule has 55 heavy (non-hydrogen) atoms. The highest BCUT2D eigenvalue weighted by Gasteiger charge is 2.31. The molecule has 0 radical (unpaired) electrons. The SMILES string of the molecule is CCOC(=O)CN(CC(=O)OCC)Cc1c2oc3c(CN(CC(=O)OCC)CC(=O)OCC)c(O)c(Cl)cc3c(-c3ccccc3C(=O)O)c-2cc(Cl)c1=O. The molecule has 4 rings (SSSR count). The van der Waals surface area contributed by atoms with E-state index in [9.17, 15) is 39.0 Å². The zero-order valence-corrected chi connectivity index (χ0v) is 32.1. The van der Waals surface area contributed by atoms with Gasteiger partial charge in [0.1, 0.15) is 17.1 Å². The number of nitrogens with zero attached hydrogens (tertiary/aromatic N) is 2. The number of esters is 4. The Hall–Kier alpha value is -5.22. The number of carbonyl (C=O) groups excluding carboxylic acids is 4. The molecule has 0 bridgehead atoms. The van der Waals surface area contributed by atoms with Crippen LogP contribution in [0.25, 0.3) is 33.4 Å². The van der Waals surface area contributed by atoms with Crippen molar-refractivity contribution in [3.8, 4) is 28.2 Å². The summed E-state index contributed by atoms with van der Waals surface area (Å²) in [6, 6.07) is 8.66. The molecule has 0 amide bonds. The molecule has 0 saturated carbocycles. The van der Waals surface area contributed by atoms with E-state index in [1.165, 1.54) is 40.1 Å². The first-order valence-corrected chi connectivity index (χ1v) is 18.0. The second-order valence-electron chi connectivity index (χ2n) is 11.9. The number of carboxylic acids is 1. The van der Waals surface area contributed by atoms with Crippen LogP contribution in [-0.4, -0.2) is 102 Å². The van der Waals surface area contributed by atoms with Crippen molar-refractivity contribution in [1.82, 2.24) is 9.80 Å². The predicted molar refractivity (Wildman–Crippen MR) is 200 cm³/mol. The first kappa shape index (κ1) is 42.5. The molecule has 1 heterocycles. The molecule has 1 aliphatic carbocycles. The van der Waals surface area contributed by atoms with Gasteiger partial charge in [-0.05, 0) is 51.5 Å². The van der Waals surface area contributed by atoms with Crippen LogP contribution in [0, 0.1) is 0 Å². The van der Waals surface area contributed by atoms with E-state index < -0.39 is 73.7 Å². The van der Waals surface area contributed by atoms with Gasteiger partial charge in [0.2, 0.25) is 5.43 Å². The van der Waals surface area contributed by atoms with Crippen LogP contribution in [0.5, 0.6) is 5.75 Å². The van der Waals surface area contributed by atoms with Gasteiger partial charge in [-0.15, -0.1) is 0 Å². The average Bonchev–Trinajstić information content (AvgIpc) is 3.12. The summed E-state index contributed by atoms with van der Waals surface area (Å²) in [4.78, 5) is 79.8. The molecule has 2 aliphatic rings. The summed E-state index contributed by atoms with van der Waals surface area (Å²) >= 11 is 13.2. The zero-order chi connectivity index (χ0) is 40.4. The van der Waals surface area contributed by atoms with Gasteiger partial charge in [-0.3, -0.25) is 33.8 Å². The number of aromatic carboxylic acids is 1. The van der Waals surface area contributed by atoms with Gasteiger partial charge in [0, 0.05) is 29.6 Å². The molecule has 0 aromatic heterocycles. The number of hydrogen-bond acceptors (Lipinski definition) is 14. The Morgan fingerprint density at radius 2 is 1.16 bits per heavy atom. The highest BCUT2D eigenvalue weighted by Crippen LogP contribution is 2.47. The van der Waals surface area contributed by atoms with Crippen LogP contribution in [-0.2, 0) is 51.2 Å². The fraction of sp³-hybridized carbons (Fsp3) is 0.368. The predicted octanol–water partition coefficient (Wildman–Crippen LogP) is 5.13. The topological polar surface area (TPSA) is 199 Å². The molecular formula is C38H40Cl2N2O13. The van der Waals surface area contributed by atoms with Crippen molar-refractivity contribution in [3.05, 3.63) is 73.4 Å². The second-order valence-corrected chi connectivity index (χ2v) is 12.8. The minimum atomic E-state index is -1.29. The van der Waals surface area contributed by atoms with Crippen LogP contribution >= 0.6 is 23.2 Å². The number of fused-ring (bicyclic) bond motifs is 2. The van der Waals surface area contributed by atoms with Crippen molar-refractivity contribution in [1.29, 1.82) is 0 Å². The normalized spacial score (nSPS) is 11.3. The summed E-state index contributed by atoms with van der Waals surface area (Å²) in [6.07, 6.45) is 0. The Morgan fingerprint density at radius 3 is 1.64 bits per heavy atom. The van der Waals surface area contributed by atoms with Crippen molar-refractivity contribution < 1.29 is 57.6 Å². The fourth-order valence-electron chi connectivity index (χ4n) is 6.00. The lowest BCUT2D eigenvalue weighted by molar-refractivity contribution is -0.150. The van der Waals surface area contributed by atoms with E-state index in [1.54, 1.807) is 33.8 Å². The standard InChI is InChI=1S/C38H40Cl2N2O13/c1-5-51-29(43)17-41(18-30(44)52-6-2)15-25-34(47)27(39)13-23-33(21-11-9-10-12-22(21)38(49)50)24-14-28(40)35(48)26(37(24)55-36(23)25)16-42(19-31(45)53-7-3)20-32(46)54-8-4/h9-14,47H,5-8,15-20H2,1-4H3,(H,49,50). The number of phenolic OH excluding ortho intramolecular Hbond substituents is 1. The molecule has 15 nitrogen and oxygen atoms in total. The van der Waals surface area contributed by atoms with E-state index in [0.29, 0.717) is 0 Å². The number of halogens is 2. The molecule has 0 spiro atoms. The first-order chi connectivity index (χ1) is 26.2. The molecule has 1 aliphatic heterocycles. The molecule has 2 N–H and O–H groups in total. The Morgan fingerprint density at radius 1 is 0.691 bits per heavy atom. The summed E-state index contributed by atoms with van der Waals surface area (Å²) in [5.41, 5.74) is -0.688. The first-order valence-electron chi connectivity index (χ1n) is 17.3. The molecule has 17 heteroatoms. The van der Waals surface area contributed by atoms with Crippen LogP contribution < -0.4 is 5.43 Å². The number of rotatable bonds is 18. The van der Waals surface area contributed by atoms with E-state index in [0.717, 1.165) is 0 Å². The molecular weight excluding hydrogens is 763 g/mol. The van der Waals surface area contributed by atoms with Crippen LogP contribution in [0.3, 0.4) is 0 Å². The van der Waals surface area contributed by atoms with E-state index >= 15 is 0 Å². The van der Waals surface area contributed by atoms with E-state index in [1.807, 2.05) is 0 Å². The van der Waals surface area contributed by atoms with Crippen molar-refractivity contribution in [2.45, 2.75) is 40.8 Å². The maximum Gasteiger partial charge on any atom is 0.336 e. The molecule has 294 valence electrons. The van der Waals surface area contributed by atoms with Crippen molar-refractivity contribution in [2.24, 2.45) is 0 Å². The Bertz CT molecular complexity index is 2080. The smallest absolute Gasteiger partial charge is 0.336 e. The van der Waals surface area contributed by atoms with Crippen molar-refractivity contribution in [2.75, 3.05) is 52.6 Å². The van der Waals surface area contributed by atoms with Crippen molar-refractivity contribution in [3.63, 3.8) is 0 Å². The maximum atomic E-state index is 13.9. The lowest BCUT2D eigenvalue weighted by atomic mass is 9.88. The minimum Gasteiger partial charge on any atom is -0.506 e. The summed E-state index contributed by atoms with van der Waals surface area (Å²) in [5.74, 6) is -4.71. The highest BCUT2D eigenvalue weighted by atomic mass is 35.5. The monoisotopic (exact) mass is 802 g/mol. The number of phenols is 1. The van der Waals surface area contributed by atoms with Crippen LogP contribution in [0.2, 0.25) is 10.0 Å². The summed E-state index contributed by atoms with van der Waals surface area (Å²) in [6.45, 7) is 4.12. The molecule has 0 unspecified atom stereocenters. The van der Waals surface area contributed by atoms with Crippen LogP contribution in [0.1, 0.15) is 49.2 Å². The summed E-state index contributed by atoms with van der Waals surface area (Å²) < 4.78 is 26.9. The average molecular weight is 804 g/mol. The van der Waals surface area contributed by atoms with Gasteiger partial charge >= 0.3 is 29.8 Å². The third-order valence-electron chi connectivity index (χ3n) is 8.15. The van der Waals surface area contributed by atoms with E-state index in [2.05, 4.69) is 0 Å². The lowest BCUT2D eigenvalue weighted by Crippen LogP contribution is -2.37. The summed E-state index contributed by atoms with van der Waals surface area (Å²) in [7, 11) is 0. The summed E-state index contributed by atoms with van der Waals surface area (Å²) in [5, 5.41) is 21.4. The van der Waals surface area contributed by atoms with Gasteiger partial charge in [0.25, 0.3) is 0 Å². The van der Waals surface area contributed by atoms with Gasteiger partial charge < -0.3 is 33.6 Å². The highest BCUT2D eigenvalue weighted by molar-refractivity contribution is 6.33. The number of benzene rings is 3. The fourth-order valence-corrected chi connectivity index (χ4v) is 6.45. The number of hydrogen-bond donors (Lipinski definition) is 2. The quantitative estimate of drug-likeness (QED) is 0.0762. The van der Waals surface area contributed by atoms with E-state index in [-0.39, 0.29) is 93.1 Å². The Labute approximate surface area is 325 Å². The van der Waals surface area contributed by atoms with Crippen LogP contribution in [0.15, 0.2) is 45.6 Å². The molecule has 0 fully saturated rings. The lowest BCUT2D eigenvalue weighted by Gasteiger charge is -2.25. The molecule has 2 aromatic carbocycles. The largest absolute Gasteiger partial charge is 0.506 e. The number of carboxylic acid groups (broad SMARTS) is 1. The molecule has 2 aromatic rings. The maximum absolute atomic E-state index is 13.9. The van der Waals surface area contributed by atoms with Gasteiger partial charge in [-0.1, -0.05) is 41.4 Å². The van der Waals surface area contributed by atoms with Gasteiger partial charge in [-0.2, -0.15) is 0 Å². The Balaban J connectivity index is 2.11. The van der Waals surface area contributed by atoms with Crippen molar-refractivity contribution >= 4 is 64.0 Å². The minimum absolute atomic E-state index is 0.0460. The Kier molecular flexibility index (Phi) is 15.0. The zero-order valence-electron chi connectivity index (χ0n) is 30.6.